The Morgan fingerprint density at radius 3 is 2.56 bits per heavy atom. The molecule has 0 spiro atoms. The second-order valence-electron chi connectivity index (χ2n) is 4.00. The third kappa shape index (κ3) is 1.83. The Bertz CT molecular complexity index is 490. The first-order chi connectivity index (χ1) is 7.59. The highest BCUT2D eigenvalue weighted by Gasteiger charge is 2.15. The van der Waals surface area contributed by atoms with Crippen molar-refractivity contribution in [3.8, 4) is 11.1 Å². The van der Waals surface area contributed by atoms with Crippen LogP contribution in [-0.4, -0.2) is 10.2 Å². The standard InChI is InChI=1S/C12H12F2N2/c1-7(2)10-3-9(13)4-11(12(10)14)8-5-15-16-6-8/h3-7H,1-2H3,(H,15,16). The van der Waals surface area contributed by atoms with Crippen LogP contribution in [0.15, 0.2) is 24.5 Å². The fraction of sp³-hybridized carbons (Fsp3) is 0.250. The van der Waals surface area contributed by atoms with Gasteiger partial charge in [-0.2, -0.15) is 5.10 Å². The quantitative estimate of drug-likeness (QED) is 0.828. The Hall–Kier alpha value is -1.71. The van der Waals surface area contributed by atoms with Gasteiger partial charge in [-0.05, 0) is 23.6 Å². The van der Waals surface area contributed by atoms with Crippen molar-refractivity contribution in [3.63, 3.8) is 0 Å². The lowest BCUT2D eigenvalue weighted by Crippen LogP contribution is -1.97. The van der Waals surface area contributed by atoms with Gasteiger partial charge in [-0.15, -0.1) is 0 Å². The third-order valence-corrected chi connectivity index (χ3v) is 2.50. The number of rotatable bonds is 2. The van der Waals surface area contributed by atoms with E-state index in [9.17, 15) is 8.78 Å². The molecule has 1 heterocycles. The number of H-pyrrole nitrogens is 1. The first-order valence-electron chi connectivity index (χ1n) is 5.07. The zero-order chi connectivity index (χ0) is 11.7. The van der Waals surface area contributed by atoms with E-state index in [-0.39, 0.29) is 17.3 Å². The van der Waals surface area contributed by atoms with Gasteiger partial charge in [0.15, 0.2) is 0 Å². The summed E-state index contributed by atoms with van der Waals surface area (Å²) in [5, 5.41) is 6.31. The van der Waals surface area contributed by atoms with Crippen molar-refractivity contribution in [1.82, 2.24) is 10.2 Å². The summed E-state index contributed by atoms with van der Waals surface area (Å²) in [5.41, 5.74) is 1.19. The number of aromatic nitrogens is 2. The Balaban J connectivity index is 2.62. The van der Waals surface area contributed by atoms with Gasteiger partial charge in [-0.25, -0.2) is 8.78 Å². The molecule has 0 bridgehead atoms. The molecular weight excluding hydrogens is 210 g/mol. The van der Waals surface area contributed by atoms with Crippen molar-refractivity contribution >= 4 is 0 Å². The molecule has 2 rings (SSSR count). The summed E-state index contributed by atoms with van der Waals surface area (Å²) in [6.07, 6.45) is 3.02. The van der Waals surface area contributed by atoms with E-state index in [0.717, 1.165) is 0 Å². The number of nitrogens with zero attached hydrogens (tertiary/aromatic N) is 1. The molecule has 1 N–H and O–H groups in total. The van der Waals surface area contributed by atoms with Gasteiger partial charge >= 0.3 is 0 Å². The van der Waals surface area contributed by atoms with Crippen LogP contribution in [-0.2, 0) is 0 Å². The molecule has 0 atom stereocenters. The number of nitrogens with one attached hydrogen (secondary N) is 1. The molecule has 0 saturated carbocycles. The predicted octanol–water partition coefficient (Wildman–Crippen LogP) is 3.48. The monoisotopic (exact) mass is 222 g/mol. The van der Waals surface area contributed by atoms with Crippen LogP contribution in [0.5, 0.6) is 0 Å². The SMILES string of the molecule is CC(C)c1cc(F)cc(-c2cn[nH]c2)c1F. The summed E-state index contributed by atoms with van der Waals surface area (Å²) in [6.45, 7) is 3.66. The zero-order valence-electron chi connectivity index (χ0n) is 9.09. The smallest absolute Gasteiger partial charge is 0.134 e. The Kier molecular flexibility index (Phi) is 2.73. The van der Waals surface area contributed by atoms with Crippen molar-refractivity contribution in [3.05, 3.63) is 41.7 Å². The van der Waals surface area contributed by atoms with Crippen molar-refractivity contribution in [1.29, 1.82) is 0 Å². The Labute approximate surface area is 92.3 Å². The van der Waals surface area contributed by atoms with Crippen molar-refractivity contribution < 1.29 is 8.78 Å². The van der Waals surface area contributed by atoms with Crippen molar-refractivity contribution in [2.45, 2.75) is 19.8 Å². The van der Waals surface area contributed by atoms with E-state index in [0.29, 0.717) is 11.1 Å². The maximum absolute atomic E-state index is 14.1. The van der Waals surface area contributed by atoms with Gasteiger partial charge in [-0.3, -0.25) is 5.10 Å². The highest BCUT2D eigenvalue weighted by molar-refractivity contribution is 5.63. The summed E-state index contributed by atoms with van der Waals surface area (Å²) in [4.78, 5) is 0. The number of hydrogen-bond donors (Lipinski definition) is 1. The van der Waals surface area contributed by atoms with Gasteiger partial charge in [0.1, 0.15) is 11.6 Å². The first kappa shape index (κ1) is 10.8. The maximum atomic E-state index is 14.1. The molecule has 0 unspecified atom stereocenters. The van der Waals surface area contributed by atoms with Crippen LogP contribution in [0.2, 0.25) is 0 Å². The van der Waals surface area contributed by atoms with Gasteiger partial charge in [0.25, 0.3) is 0 Å². The average Bonchev–Trinajstić information content (AvgIpc) is 2.73. The second kappa shape index (κ2) is 4.04. The topological polar surface area (TPSA) is 28.7 Å². The molecule has 0 amide bonds. The fourth-order valence-corrected chi connectivity index (χ4v) is 1.64. The number of halogens is 2. The molecule has 1 aromatic carbocycles. The molecule has 84 valence electrons. The van der Waals surface area contributed by atoms with Gasteiger partial charge in [-0.1, -0.05) is 13.8 Å². The summed E-state index contributed by atoms with van der Waals surface area (Å²) in [6, 6.07) is 2.43. The minimum absolute atomic E-state index is 0.0543. The molecular formula is C12H12F2N2. The molecule has 2 aromatic rings. The van der Waals surface area contributed by atoms with Crippen LogP contribution in [0.3, 0.4) is 0 Å². The van der Waals surface area contributed by atoms with Crippen LogP contribution in [0.25, 0.3) is 11.1 Å². The van der Waals surface area contributed by atoms with Crippen LogP contribution in [0.1, 0.15) is 25.3 Å². The summed E-state index contributed by atoms with van der Waals surface area (Å²) in [7, 11) is 0. The van der Waals surface area contributed by atoms with Crippen molar-refractivity contribution in [2.24, 2.45) is 0 Å². The van der Waals surface area contributed by atoms with Crippen molar-refractivity contribution in [2.75, 3.05) is 0 Å². The molecule has 0 aliphatic heterocycles. The lowest BCUT2D eigenvalue weighted by atomic mass is 9.97. The van der Waals surface area contributed by atoms with Gasteiger partial charge in [0.05, 0.1) is 6.20 Å². The Morgan fingerprint density at radius 1 is 1.25 bits per heavy atom. The molecule has 0 saturated heterocycles. The van der Waals surface area contributed by atoms with E-state index in [1.54, 1.807) is 6.20 Å². The lowest BCUT2D eigenvalue weighted by Gasteiger charge is -2.10. The third-order valence-electron chi connectivity index (χ3n) is 2.50. The minimum Gasteiger partial charge on any atom is -0.285 e. The van der Waals surface area contributed by atoms with Crippen LogP contribution >= 0.6 is 0 Å². The van der Waals surface area contributed by atoms with Gasteiger partial charge < -0.3 is 0 Å². The van der Waals surface area contributed by atoms with Crippen LogP contribution in [0, 0.1) is 11.6 Å². The van der Waals surface area contributed by atoms with E-state index in [1.807, 2.05) is 13.8 Å². The van der Waals surface area contributed by atoms with Crippen LogP contribution in [0.4, 0.5) is 8.78 Å². The fourth-order valence-electron chi connectivity index (χ4n) is 1.64. The largest absolute Gasteiger partial charge is 0.285 e. The summed E-state index contributed by atoms with van der Waals surface area (Å²) in [5.74, 6) is -0.861. The molecule has 2 nitrogen and oxygen atoms in total. The molecule has 1 aromatic heterocycles. The molecule has 0 aliphatic rings. The number of benzene rings is 1. The second-order valence-corrected chi connectivity index (χ2v) is 4.00. The molecule has 0 radical (unpaired) electrons. The Morgan fingerprint density at radius 2 is 2.00 bits per heavy atom. The van der Waals surface area contributed by atoms with E-state index < -0.39 is 5.82 Å². The molecule has 4 heteroatoms. The summed E-state index contributed by atoms with van der Waals surface area (Å²) < 4.78 is 27.4. The number of hydrogen-bond acceptors (Lipinski definition) is 1. The summed E-state index contributed by atoms with van der Waals surface area (Å²) >= 11 is 0. The van der Waals surface area contributed by atoms with Gasteiger partial charge in [0.2, 0.25) is 0 Å². The normalized spacial score (nSPS) is 11.1. The van der Waals surface area contributed by atoms with E-state index >= 15 is 0 Å². The predicted molar refractivity (Wildman–Crippen MR) is 58.0 cm³/mol. The van der Waals surface area contributed by atoms with Gasteiger partial charge in [0, 0.05) is 17.3 Å². The van der Waals surface area contributed by atoms with E-state index in [1.165, 1.54) is 18.3 Å². The van der Waals surface area contributed by atoms with Crippen LogP contribution < -0.4 is 0 Å². The number of aromatic amines is 1. The zero-order valence-corrected chi connectivity index (χ0v) is 9.09. The average molecular weight is 222 g/mol. The van der Waals surface area contributed by atoms with E-state index in [2.05, 4.69) is 10.2 Å². The van der Waals surface area contributed by atoms with E-state index in [4.69, 9.17) is 0 Å². The molecule has 16 heavy (non-hydrogen) atoms. The molecule has 0 aliphatic carbocycles. The molecule has 0 fully saturated rings. The lowest BCUT2D eigenvalue weighted by molar-refractivity contribution is 0.579. The highest BCUT2D eigenvalue weighted by atomic mass is 19.1. The first-order valence-corrected chi connectivity index (χ1v) is 5.07. The minimum atomic E-state index is -0.429. The maximum Gasteiger partial charge on any atom is 0.134 e. The highest BCUT2D eigenvalue weighted by Crippen LogP contribution is 2.29.